The van der Waals surface area contributed by atoms with Gasteiger partial charge in [-0.15, -0.1) is 0 Å². The average Bonchev–Trinajstić information content (AvgIpc) is 2.48. The molecule has 6 nitrogen and oxygen atoms in total. The molecule has 0 fully saturated rings. The Bertz CT molecular complexity index is 397. The predicted octanol–water partition coefficient (Wildman–Crippen LogP) is 1.61. The smallest absolute Gasteiger partial charge is 0.492 e. The molecule has 0 bridgehead atoms. The Balaban J connectivity index is 0.000000621. The summed E-state index contributed by atoms with van der Waals surface area (Å²) in [5, 5.41) is 0. The fraction of sp³-hybridized carbons (Fsp3) is 0.385. The van der Waals surface area contributed by atoms with Crippen LogP contribution >= 0.6 is 0 Å². The topological polar surface area (TPSA) is 65.1 Å². The molecule has 20 heavy (non-hydrogen) atoms. The van der Waals surface area contributed by atoms with Gasteiger partial charge in [0, 0.05) is 0 Å². The molecule has 0 saturated heterocycles. The van der Waals surface area contributed by atoms with Crippen molar-refractivity contribution in [1.29, 1.82) is 0 Å². The Morgan fingerprint density at radius 1 is 1.15 bits per heavy atom. The highest BCUT2D eigenvalue weighted by Crippen LogP contribution is 2.00. The molecule has 0 aliphatic heterocycles. The van der Waals surface area contributed by atoms with Gasteiger partial charge in [0.05, 0.1) is 5.56 Å². The molecule has 1 aromatic carbocycles. The lowest BCUT2D eigenvalue weighted by Gasteiger charge is -2.04. The lowest BCUT2D eigenvalue weighted by Crippen LogP contribution is -2.13. The molecule has 7 heteroatoms. The molecule has 0 aliphatic carbocycles. The molecule has 0 aromatic heterocycles. The third-order valence-corrected chi connectivity index (χ3v) is 2.10. The Labute approximate surface area is 120 Å². The number of esters is 1. The van der Waals surface area contributed by atoms with Gasteiger partial charge in [0.25, 0.3) is 0 Å². The van der Waals surface area contributed by atoms with Crippen molar-refractivity contribution in [3.8, 4) is 0 Å². The molecule has 0 atom stereocenters. The molecule has 1 rings (SSSR count). The van der Waals surface area contributed by atoms with Gasteiger partial charge in [0.1, 0.15) is 0 Å². The van der Waals surface area contributed by atoms with Crippen molar-refractivity contribution in [2.45, 2.75) is 6.92 Å². The molecule has 0 N–H and O–H groups in total. The van der Waals surface area contributed by atoms with E-state index in [4.69, 9.17) is 0 Å². The second-order valence-corrected chi connectivity index (χ2v) is 3.82. The molecule has 0 saturated carbocycles. The number of hydrogen-bond acceptors (Lipinski definition) is 6. The first kappa shape index (κ1) is 18.0. The van der Waals surface area contributed by atoms with Gasteiger partial charge in [-0.1, -0.05) is 25.1 Å². The second-order valence-electron chi connectivity index (χ2n) is 3.82. The Morgan fingerprint density at radius 3 is 2.15 bits per heavy atom. The van der Waals surface area contributed by atoms with Crippen molar-refractivity contribution in [1.82, 2.24) is 4.90 Å². The minimum absolute atomic E-state index is 0.363. The molecule has 2 radical (unpaired) electrons. The van der Waals surface area contributed by atoms with Crippen LogP contribution in [-0.2, 0) is 14.1 Å². The van der Waals surface area contributed by atoms with Gasteiger partial charge in [-0.3, -0.25) is 0 Å². The molecule has 0 aliphatic rings. The number of carbonyl (C=O) groups excluding carboxylic acids is 2. The van der Waals surface area contributed by atoms with Gasteiger partial charge < -0.3 is 19.0 Å². The van der Waals surface area contributed by atoms with Crippen LogP contribution in [0.5, 0.6) is 0 Å². The third-order valence-electron chi connectivity index (χ3n) is 2.10. The Kier molecular flexibility index (Phi) is 9.77. The fourth-order valence-corrected chi connectivity index (χ4v) is 0.823. The van der Waals surface area contributed by atoms with Gasteiger partial charge in [0.15, 0.2) is 0 Å². The number of hydrogen-bond donors (Lipinski definition) is 0. The first-order valence-electron chi connectivity index (χ1n) is 5.91. The van der Waals surface area contributed by atoms with Crippen LogP contribution in [0.2, 0.25) is 0 Å². The number of carbonyl (C=O) groups is 2. The van der Waals surface area contributed by atoms with Crippen molar-refractivity contribution in [2.75, 3.05) is 27.4 Å². The SMILES string of the molecule is CCN(C)C.[B]OC(=O)OCOC(=O)c1ccccc1. The van der Waals surface area contributed by atoms with Crippen LogP contribution in [-0.4, -0.2) is 52.5 Å². The highest BCUT2D eigenvalue weighted by atomic mass is 16.8. The first-order chi connectivity index (χ1) is 9.51. The minimum Gasteiger partial charge on any atom is -0.513 e. The molecule has 0 unspecified atom stereocenters. The minimum atomic E-state index is -1.11. The van der Waals surface area contributed by atoms with Crippen molar-refractivity contribution >= 4 is 20.2 Å². The van der Waals surface area contributed by atoms with Crippen molar-refractivity contribution in [3.63, 3.8) is 0 Å². The van der Waals surface area contributed by atoms with E-state index in [-0.39, 0.29) is 0 Å². The quantitative estimate of drug-likeness (QED) is 0.474. The monoisotopic (exact) mass is 279 g/mol. The van der Waals surface area contributed by atoms with Gasteiger partial charge >= 0.3 is 20.2 Å². The highest BCUT2D eigenvalue weighted by molar-refractivity contribution is 6.04. The van der Waals surface area contributed by atoms with E-state index in [2.05, 4.69) is 48.1 Å². The van der Waals surface area contributed by atoms with Gasteiger partial charge in [-0.2, -0.15) is 0 Å². The van der Waals surface area contributed by atoms with E-state index in [1.165, 1.54) is 0 Å². The Hall–Kier alpha value is -2.02. The summed E-state index contributed by atoms with van der Waals surface area (Å²) in [5.74, 6) is -0.597. The summed E-state index contributed by atoms with van der Waals surface area (Å²) in [6.07, 6.45) is -1.11. The van der Waals surface area contributed by atoms with Crippen LogP contribution in [0.1, 0.15) is 17.3 Å². The largest absolute Gasteiger partial charge is 0.513 e. The van der Waals surface area contributed by atoms with E-state index >= 15 is 0 Å². The molecule has 0 heterocycles. The van der Waals surface area contributed by atoms with E-state index in [9.17, 15) is 9.59 Å². The predicted molar refractivity (Wildman–Crippen MR) is 74.3 cm³/mol. The average molecular weight is 279 g/mol. The lowest BCUT2D eigenvalue weighted by molar-refractivity contribution is -0.0135. The zero-order valence-corrected chi connectivity index (χ0v) is 11.9. The van der Waals surface area contributed by atoms with Gasteiger partial charge in [-0.05, 0) is 32.8 Å². The maximum absolute atomic E-state index is 11.2. The fourth-order valence-electron chi connectivity index (χ4n) is 0.823. The summed E-state index contributed by atoms with van der Waals surface area (Å²) < 4.78 is 12.5. The molecule has 0 amide bonds. The Morgan fingerprint density at radius 2 is 1.70 bits per heavy atom. The van der Waals surface area contributed by atoms with E-state index in [1.54, 1.807) is 30.3 Å². The summed E-state index contributed by atoms with van der Waals surface area (Å²) >= 11 is 0. The van der Waals surface area contributed by atoms with Crippen LogP contribution in [0.3, 0.4) is 0 Å². The molecule has 1 aromatic rings. The molecular weight excluding hydrogens is 261 g/mol. The summed E-state index contributed by atoms with van der Waals surface area (Å²) in [5.41, 5.74) is 0.363. The number of nitrogens with zero attached hydrogens (tertiary/aromatic N) is 1. The number of benzene rings is 1. The normalized spacial score (nSPS) is 9.20. The van der Waals surface area contributed by atoms with Gasteiger partial charge in [0.2, 0.25) is 6.79 Å². The second kappa shape index (κ2) is 10.9. The van der Waals surface area contributed by atoms with E-state index in [1.807, 2.05) is 0 Å². The van der Waals surface area contributed by atoms with Crippen LogP contribution < -0.4 is 0 Å². The summed E-state index contributed by atoms with van der Waals surface area (Å²) in [7, 11) is 8.60. The van der Waals surface area contributed by atoms with E-state index in [0.29, 0.717) is 5.56 Å². The number of rotatable bonds is 4. The zero-order valence-electron chi connectivity index (χ0n) is 11.9. The van der Waals surface area contributed by atoms with Crippen molar-refractivity contribution in [2.24, 2.45) is 0 Å². The van der Waals surface area contributed by atoms with Crippen LogP contribution in [0, 0.1) is 0 Å². The molecule has 108 valence electrons. The molecule has 0 spiro atoms. The maximum atomic E-state index is 11.2. The van der Waals surface area contributed by atoms with Crippen molar-refractivity contribution < 1.29 is 23.7 Å². The van der Waals surface area contributed by atoms with Gasteiger partial charge in [-0.25, -0.2) is 9.59 Å². The molecular formula is C13H18BNO5. The van der Waals surface area contributed by atoms with Crippen molar-refractivity contribution in [3.05, 3.63) is 35.9 Å². The van der Waals surface area contributed by atoms with Crippen LogP contribution in [0.4, 0.5) is 4.79 Å². The maximum Gasteiger partial charge on any atom is 0.492 e. The number of ether oxygens (including phenoxy) is 2. The first-order valence-corrected chi connectivity index (χ1v) is 5.91. The van der Waals surface area contributed by atoms with E-state index < -0.39 is 18.9 Å². The lowest BCUT2D eigenvalue weighted by atomic mass is 10.2. The van der Waals surface area contributed by atoms with E-state index in [0.717, 1.165) is 6.54 Å². The highest BCUT2D eigenvalue weighted by Gasteiger charge is 2.07. The summed E-state index contributed by atoms with van der Waals surface area (Å²) in [4.78, 5) is 23.7. The zero-order chi connectivity index (χ0) is 15.4. The third kappa shape index (κ3) is 8.99. The van der Waals surface area contributed by atoms with Crippen LogP contribution in [0.15, 0.2) is 30.3 Å². The summed E-state index contributed by atoms with van der Waals surface area (Å²) in [6.45, 7) is 2.73. The van der Waals surface area contributed by atoms with Crippen LogP contribution in [0.25, 0.3) is 0 Å². The standard InChI is InChI=1S/C9H7BO5.C4H11N/c10-15-9(12)14-6-13-8(11)7-4-2-1-3-5-7;1-4-5(2)3/h1-5H,6H2;4H2,1-3H3. The summed E-state index contributed by atoms with van der Waals surface area (Å²) in [6, 6.07) is 8.28.